The van der Waals surface area contributed by atoms with Gasteiger partial charge in [-0.15, -0.1) is 11.8 Å². The van der Waals surface area contributed by atoms with Crippen molar-refractivity contribution in [2.75, 3.05) is 18.1 Å². The van der Waals surface area contributed by atoms with Crippen LogP contribution in [0.3, 0.4) is 0 Å². The van der Waals surface area contributed by atoms with Gasteiger partial charge in [0.25, 0.3) is 5.91 Å². The maximum absolute atomic E-state index is 13.8. The molecule has 0 N–H and O–H groups in total. The lowest BCUT2D eigenvalue weighted by molar-refractivity contribution is -0.121. The van der Waals surface area contributed by atoms with E-state index in [0.717, 1.165) is 23.1 Å². The van der Waals surface area contributed by atoms with E-state index >= 15 is 0 Å². The number of halogens is 2. The van der Waals surface area contributed by atoms with Gasteiger partial charge in [0.1, 0.15) is 11.4 Å². The Hall–Kier alpha value is -2.05. The fourth-order valence-electron chi connectivity index (χ4n) is 2.72. The number of benzene rings is 2. The number of thioether (sulfide) groups is 1. The normalized spacial score (nSPS) is 16.6. The van der Waals surface area contributed by atoms with Gasteiger partial charge in [-0.25, -0.2) is 9.18 Å². The average molecular weight is 394 g/mol. The minimum absolute atomic E-state index is 0.0483. The van der Waals surface area contributed by atoms with Gasteiger partial charge in [0.2, 0.25) is 0 Å². The van der Waals surface area contributed by atoms with Crippen molar-refractivity contribution in [3.8, 4) is 0 Å². The van der Waals surface area contributed by atoms with E-state index in [1.54, 1.807) is 16.7 Å². The van der Waals surface area contributed by atoms with E-state index < -0.39 is 18.4 Å². The molecule has 0 saturated heterocycles. The van der Waals surface area contributed by atoms with Gasteiger partial charge in [-0.05, 0) is 30.7 Å². The molecule has 1 aliphatic rings. The summed E-state index contributed by atoms with van der Waals surface area (Å²) in [7, 11) is 0. The Balaban J connectivity index is 1.73. The summed E-state index contributed by atoms with van der Waals surface area (Å²) in [5.41, 5.74) is 0.439. The molecule has 0 fully saturated rings. The second kappa shape index (κ2) is 8.10. The van der Waals surface area contributed by atoms with Gasteiger partial charge < -0.3 is 9.64 Å². The standard InChI is InChI=1S/C19H17ClFNO3S/c1-12-9-10-22(15-7-2-3-8-16(15)26-12)17(23)11-25-19(24)18-13(20)5-4-6-14(18)21/h2-8,12H,9-11H2,1H3/t12-/m0/s1. The Kier molecular flexibility index (Phi) is 5.84. The highest BCUT2D eigenvalue weighted by molar-refractivity contribution is 8.00. The number of para-hydroxylation sites is 1. The van der Waals surface area contributed by atoms with Crippen LogP contribution in [0, 0.1) is 5.82 Å². The highest BCUT2D eigenvalue weighted by Crippen LogP contribution is 2.37. The summed E-state index contributed by atoms with van der Waals surface area (Å²) in [6.07, 6.45) is 0.818. The van der Waals surface area contributed by atoms with Crippen molar-refractivity contribution in [3.05, 3.63) is 58.9 Å². The summed E-state index contributed by atoms with van der Waals surface area (Å²) in [6.45, 7) is 2.16. The van der Waals surface area contributed by atoms with Crippen LogP contribution in [-0.4, -0.2) is 30.3 Å². The molecular formula is C19H17ClFNO3S. The number of carbonyl (C=O) groups is 2. The number of esters is 1. The fourth-order valence-corrected chi connectivity index (χ4v) is 4.07. The van der Waals surface area contributed by atoms with Crippen LogP contribution < -0.4 is 4.90 Å². The summed E-state index contributed by atoms with van der Waals surface area (Å²) < 4.78 is 18.8. The maximum atomic E-state index is 13.8. The highest BCUT2D eigenvalue weighted by atomic mass is 35.5. The Morgan fingerprint density at radius 3 is 2.81 bits per heavy atom. The average Bonchev–Trinajstić information content (AvgIpc) is 2.77. The van der Waals surface area contributed by atoms with Gasteiger partial charge in [0.15, 0.2) is 6.61 Å². The molecule has 1 aliphatic heterocycles. The molecule has 2 aromatic carbocycles. The van der Waals surface area contributed by atoms with Gasteiger partial charge in [0.05, 0.1) is 10.7 Å². The molecule has 1 heterocycles. The quantitative estimate of drug-likeness (QED) is 0.717. The summed E-state index contributed by atoms with van der Waals surface area (Å²) in [4.78, 5) is 27.4. The van der Waals surface area contributed by atoms with Crippen LogP contribution in [0.15, 0.2) is 47.4 Å². The first-order valence-electron chi connectivity index (χ1n) is 8.14. The zero-order valence-electron chi connectivity index (χ0n) is 14.1. The van der Waals surface area contributed by atoms with Crippen LogP contribution in [0.25, 0.3) is 0 Å². The highest BCUT2D eigenvalue weighted by Gasteiger charge is 2.26. The van der Waals surface area contributed by atoms with Crippen LogP contribution in [0.2, 0.25) is 5.02 Å². The van der Waals surface area contributed by atoms with Gasteiger partial charge in [-0.1, -0.05) is 36.7 Å². The second-order valence-corrected chi connectivity index (χ2v) is 7.79. The number of carbonyl (C=O) groups excluding carboxylic acids is 2. The number of hydrogen-bond acceptors (Lipinski definition) is 4. The van der Waals surface area contributed by atoms with Crippen LogP contribution in [0.4, 0.5) is 10.1 Å². The molecule has 2 aromatic rings. The molecule has 0 aliphatic carbocycles. The first-order chi connectivity index (χ1) is 12.5. The van der Waals surface area contributed by atoms with Gasteiger partial charge in [-0.3, -0.25) is 4.79 Å². The third-order valence-electron chi connectivity index (χ3n) is 4.04. The Morgan fingerprint density at radius 1 is 1.27 bits per heavy atom. The lowest BCUT2D eigenvalue weighted by Gasteiger charge is -2.22. The molecule has 136 valence electrons. The Bertz CT molecular complexity index is 825. The third kappa shape index (κ3) is 4.02. The molecule has 1 atom stereocenters. The number of nitrogens with zero attached hydrogens (tertiary/aromatic N) is 1. The predicted molar refractivity (Wildman–Crippen MR) is 100 cm³/mol. The van der Waals surface area contributed by atoms with Crippen LogP contribution in [-0.2, 0) is 9.53 Å². The number of fused-ring (bicyclic) bond motifs is 1. The van der Waals surface area contributed by atoms with E-state index in [0.29, 0.717) is 11.8 Å². The first kappa shape index (κ1) is 18.7. The lowest BCUT2D eigenvalue weighted by Crippen LogP contribution is -2.35. The van der Waals surface area contributed by atoms with E-state index in [1.807, 2.05) is 24.3 Å². The van der Waals surface area contributed by atoms with Crippen molar-refractivity contribution in [1.82, 2.24) is 0 Å². The molecule has 0 bridgehead atoms. The molecule has 26 heavy (non-hydrogen) atoms. The fraction of sp³-hybridized carbons (Fsp3) is 0.263. The van der Waals surface area contributed by atoms with E-state index in [9.17, 15) is 14.0 Å². The SMILES string of the molecule is C[C@H]1CCN(C(=O)COC(=O)c2c(F)cccc2Cl)c2ccccc2S1. The molecule has 4 nitrogen and oxygen atoms in total. The van der Waals surface area contributed by atoms with Crippen molar-refractivity contribution in [1.29, 1.82) is 0 Å². The summed E-state index contributed by atoms with van der Waals surface area (Å²) in [6, 6.07) is 11.5. The largest absolute Gasteiger partial charge is 0.452 e. The molecular weight excluding hydrogens is 377 g/mol. The Labute approximate surface area is 160 Å². The number of ether oxygens (including phenoxy) is 1. The molecule has 7 heteroatoms. The summed E-state index contributed by atoms with van der Waals surface area (Å²) in [5, 5.41) is 0.321. The van der Waals surface area contributed by atoms with E-state index in [-0.39, 0.29) is 16.5 Å². The molecule has 1 amide bonds. The third-order valence-corrected chi connectivity index (χ3v) is 5.59. The number of anilines is 1. The molecule has 0 unspecified atom stereocenters. The Morgan fingerprint density at radius 2 is 2.04 bits per heavy atom. The molecule has 0 radical (unpaired) electrons. The minimum atomic E-state index is -0.952. The smallest absolute Gasteiger partial charge is 0.343 e. The first-order valence-corrected chi connectivity index (χ1v) is 9.40. The van der Waals surface area contributed by atoms with Crippen LogP contribution in [0.1, 0.15) is 23.7 Å². The second-order valence-electron chi connectivity index (χ2n) is 5.90. The predicted octanol–water partition coefficient (Wildman–Crippen LogP) is 4.55. The molecule has 3 rings (SSSR count). The number of hydrogen-bond donors (Lipinski definition) is 0. The topological polar surface area (TPSA) is 46.6 Å². The zero-order valence-corrected chi connectivity index (χ0v) is 15.6. The van der Waals surface area contributed by atoms with Crippen LogP contribution >= 0.6 is 23.4 Å². The monoisotopic (exact) mass is 393 g/mol. The maximum Gasteiger partial charge on any atom is 0.343 e. The minimum Gasteiger partial charge on any atom is -0.452 e. The van der Waals surface area contributed by atoms with Crippen molar-refractivity contribution < 1.29 is 18.7 Å². The van der Waals surface area contributed by atoms with Gasteiger partial charge in [0, 0.05) is 16.7 Å². The van der Waals surface area contributed by atoms with E-state index in [1.165, 1.54) is 12.1 Å². The number of rotatable bonds is 3. The summed E-state index contributed by atoms with van der Waals surface area (Å²) in [5.74, 6) is -2.08. The van der Waals surface area contributed by atoms with E-state index in [2.05, 4.69) is 6.92 Å². The zero-order chi connectivity index (χ0) is 18.7. The van der Waals surface area contributed by atoms with Crippen LogP contribution in [0.5, 0.6) is 0 Å². The molecule has 0 saturated carbocycles. The lowest BCUT2D eigenvalue weighted by atomic mass is 10.2. The number of amides is 1. The van der Waals surface area contributed by atoms with E-state index in [4.69, 9.17) is 16.3 Å². The van der Waals surface area contributed by atoms with Crippen molar-refractivity contribution in [2.45, 2.75) is 23.5 Å². The van der Waals surface area contributed by atoms with Crippen molar-refractivity contribution in [3.63, 3.8) is 0 Å². The molecule has 0 spiro atoms. The summed E-state index contributed by atoms with van der Waals surface area (Å²) >= 11 is 7.56. The van der Waals surface area contributed by atoms with Gasteiger partial charge >= 0.3 is 5.97 Å². The molecule has 0 aromatic heterocycles. The van der Waals surface area contributed by atoms with Crippen molar-refractivity contribution in [2.24, 2.45) is 0 Å². The van der Waals surface area contributed by atoms with Crippen molar-refractivity contribution >= 4 is 40.9 Å². The van der Waals surface area contributed by atoms with Gasteiger partial charge in [-0.2, -0.15) is 0 Å².